The summed E-state index contributed by atoms with van der Waals surface area (Å²) in [6.45, 7) is 0. The standard InChI is InChI=1S/C9H4Cl3F3N/c10-6-1-5(2-7(11)3-6)4-16-8(12)9(13,14)15/h1-3,8H. The van der Waals surface area contributed by atoms with Gasteiger partial charge in [0.2, 0.25) is 5.50 Å². The maximum atomic E-state index is 12.0. The first-order chi connectivity index (χ1) is 7.29. The smallest absolute Gasteiger partial charge is 0.253 e. The minimum absolute atomic E-state index is 0.229. The van der Waals surface area contributed by atoms with E-state index in [1.165, 1.54) is 18.2 Å². The van der Waals surface area contributed by atoms with Crippen LogP contribution in [0.2, 0.25) is 10.0 Å². The molecule has 0 spiro atoms. The van der Waals surface area contributed by atoms with Crippen LogP contribution in [-0.2, 0) is 0 Å². The summed E-state index contributed by atoms with van der Waals surface area (Å²) in [6.07, 6.45) is -2.46. The van der Waals surface area contributed by atoms with E-state index in [4.69, 9.17) is 34.8 Å². The second-order valence-corrected chi connectivity index (χ2v) is 4.06. The SMILES string of the molecule is FC(F)(F)C(Cl)N=[C]c1cc(Cl)cc(Cl)c1. The van der Waals surface area contributed by atoms with Crippen molar-refractivity contribution in [3.8, 4) is 0 Å². The number of rotatable bonds is 2. The number of hydrogen-bond donors (Lipinski definition) is 0. The van der Waals surface area contributed by atoms with Gasteiger partial charge in [0.25, 0.3) is 0 Å². The summed E-state index contributed by atoms with van der Waals surface area (Å²) in [5.41, 5.74) is -2.10. The molecule has 16 heavy (non-hydrogen) atoms. The van der Waals surface area contributed by atoms with Crippen molar-refractivity contribution >= 4 is 41.0 Å². The fourth-order valence-electron chi connectivity index (χ4n) is 0.823. The zero-order valence-corrected chi connectivity index (χ0v) is 9.79. The van der Waals surface area contributed by atoms with E-state index in [0.29, 0.717) is 0 Å². The van der Waals surface area contributed by atoms with Gasteiger partial charge in [-0.1, -0.05) is 34.8 Å². The van der Waals surface area contributed by atoms with E-state index < -0.39 is 11.7 Å². The molecule has 1 aromatic carbocycles. The highest BCUT2D eigenvalue weighted by molar-refractivity contribution is 6.35. The summed E-state index contributed by atoms with van der Waals surface area (Å²) < 4.78 is 36.0. The number of alkyl halides is 4. The van der Waals surface area contributed by atoms with Gasteiger partial charge in [0.05, 0.1) is 6.21 Å². The molecule has 1 rings (SSSR count). The van der Waals surface area contributed by atoms with E-state index in [2.05, 4.69) is 11.2 Å². The Morgan fingerprint density at radius 3 is 2.06 bits per heavy atom. The molecule has 0 N–H and O–H groups in total. The van der Waals surface area contributed by atoms with Crippen molar-refractivity contribution in [2.45, 2.75) is 11.7 Å². The monoisotopic (exact) mass is 288 g/mol. The third-order valence-corrected chi connectivity index (χ3v) is 2.22. The van der Waals surface area contributed by atoms with Gasteiger partial charge in [-0.15, -0.1) is 0 Å². The predicted octanol–water partition coefficient (Wildman–Crippen LogP) is 4.42. The Hall–Kier alpha value is -0.450. The van der Waals surface area contributed by atoms with Crippen molar-refractivity contribution in [2.75, 3.05) is 0 Å². The average Bonchev–Trinajstić information content (AvgIpc) is 2.11. The summed E-state index contributed by atoms with van der Waals surface area (Å²) >= 11 is 16.2. The van der Waals surface area contributed by atoms with Crippen molar-refractivity contribution in [3.05, 3.63) is 33.8 Å². The van der Waals surface area contributed by atoms with Gasteiger partial charge < -0.3 is 0 Å². The number of hydrogen-bond acceptors (Lipinski definition) is 1. The first kappa shape index (κ1) is 13.6. The molecule has 0 heterocycles. The van der Waals surface area contributed by atoms with Gasteiger partial charge in [-0.2, -0.15) is 13.2 Å². The van der Waals surface area contributed by atoms with Crippen LogP contribution in [0.4, 0.5) is 13.2 Å². The van der Waals surface area contributed by atoms with Crippen molar-refractivity contribution in [2.24, 2.45) is 4.99 Å². The molecule has 1 aromatic rings. The highest BCUT2D eigenvalue weighted by atomic mass is 35.5. The number of nitrogens with zero attached hydrogens (tertiary/aromatic N) is 1. The van der Waals surface area contributed by atoms with E-state index in [9.17, 15) is 13.2 Å². The van der Waals surface area contributed by atoms with Crippen LogP contribution in [0.1, 0.15) is 5.56 Å². The first-order valence-electron chi connectivity index (χ1n) is 3.92. The lowest BCUT2D eigenvalue weighted by Gasteiger charge is -2.07. The zero-order valence-electron chi connectivity index (χ0n) is 7.52. The molecular weight excluding hydrogens is 285 g/mol. The Morgan fingerprint density at radius 2 is 1.62 bits per heavy atom. The fourth-order valence-corrected chi connectivity index (χ4v) is 1.40. The number of benzene rings is 1. The fraction of sp³-hybridized carbons (Fsp3) is 0.222. The Balaban J connectivity index is 2.84. The van der Waals surface area contributed by atoms with E-state index in [1.54, 1.807) is 0 Å². The lowest BCUT2D eigenvalue weighted by molar-refractivity contribution is -0.128. The molecule has 87 valence electrons. The van der Waals surface area contributed by atoms with Crippen LogP contribution >= 0.6 is 34.8 Å². The third-order valence-electron chi connectivity index (χ3n) is 1.44. The molecule has 0 saturated heterocycles. The van der Waals surface area contributed by atoms with E-state index >= 15 is 0 Å². The molecule has 0 amide bonds. The van der Waals surface area contributed by atoms with Crippen molar-refractivity contribution in [1.82, 2.24) is 0 Å². The van der Waals surface area contributed by atoms with E-state index in [-0.39, 0.29) is 15.6 Å². The third kappa shape index (κ3) is 4.20. The van der Waals surface area contributed by atoms with Crippen molar-refractivity contribution in [3.63, 3.8) is 0 Å². The Kier molecular flexibility index (Phi) is 4.47. The Labute approximate surface area is 105 Å². The van der Waals surface area contributed by atoms with Crippen LogP contribution in [0.25, 0.3) is 0 Å². The van der Waals surface area contributed by atoms with Crippen LogP contribution in [0.3, 0.4) is 0 Å². The summed E-state index contributed by atoms with van der Waals surface area (Å²) in [6, 6.07) is 4.18. The quantitative estimate of drug-likeness (QED) is 0.434. The van der Waals surface area contributed by atoms with E-state index in [1.807, 2.05) is 0 Å². The predicted molar refractivity (Wildman–Crippen MR) is 58.7 cm³/mol. The van der Waals surface area contributed by atoms with Crippen LogP contribution in [0.15, 0.2) is 23.2 Å². The number of halogens is 6. The normalized spacial score (nSPS) is 14.4. The lowest BCUT2D eigenvalue weighted by Crippen LogP contribution is -2.21. The molecule has 7 heteroatoms. The minimum atomic E-state index is -4.60. The zero-order chi connectivity index (χ0) is 12.3. The Morgan fingerprint density at radius 1 is 1.12 bits per heavy atom. The molecule has 1 radical (unpaired) electrons. The molecule has 0 saturated carbocycles. The van der Waals surface area contributed by atoms with Crippen molar-refractivity contribution in [1.29, 1.82) is 0 Å². The van der Waals surface area contributed by atoms with Gasteiger partial charge >= 0.3 is 6.18 Å². The summed E-state index contributed by atoms with van der Waals surface area (Å²) in [5, 5.41) is 0.562. The molecule has 0 fully saturated rings. The molecule has 1 unspecified atom stereocenters. The first-order valence-corrected chi connectivity index (χ1v) is 5.11. The maximum Gasteiger partial charge on any atom is 0.424 e. The molecule has 1 nitrogen and oxygen atoms in total. The summed E-state index contributed by atoms with van der Waals surface area (Å²) in [4.78, 5) is 3.02. The minimum Gasteiger partial charge on any atom is -0.253 e. The highest BCUT2D eigenvalue weighted by Gasteiger charge is 2.37. The van der Waals surface area contributed by atoms with Gasteiger partial charge in [-0.05, 0) is 18.2 Å². The van der Waals surface area contributed by atoms with E-state index in [0.717, 1.165) is 0 Å². The lowest BCUT2D eigenvalue weighted by atomic mass is 10.2. The molecule has 0 aliphatic heterocycles. The largest absolute Gasteiger partial charge is 0.424 e. The van der Waals surface area contributed by atoms with Gasteiger partial charge in [-0.25, -0.2) is 0 Å². The molecular formula is C9H4Cl3F3N. The second-order valence-electron chi connectivity index (χ2n) is 2.78. The van der Waals surface area contributed by atoms with Crippen LogP contribution in [0.5, 0.6) is 0 Å². The highest BCUT2D eigenvalue weighted by Crippen LogP contribution is 2.26. The molecule has 0 aliphatic carbocycles. The topological polar surface area (TPSA) is 12.4 Å². The van der Waals surface area contributed by atoms with Gasteiger partial charge in [-0.3, -0.25) is 4.99 Å². The summed E-state index contributed by atoms with van der Waals surface area (Å²) in [7, 11) is 0. The maximum absolute atomic E-state index is 12.0. The van der Waals surface area contributed by atoms with Crippen molar-refractivity contribution < 1.29 is 13.2 Å². The van der Waals surface area contributed by atoms with Crippen LogP contribution < -0.4 is 0 Å². The molecule has 1 atom stereocenters. The average molecular weight is 289 g/mol. The Bertz CT molecular complexity index is 383. The second kappa shape index (κ2) is 5.25. The van der Waals surface area contributed by atoms with Crippen LogP contribution in [-0.4, -0.2) is 17.9 Å². The molecule has 0 aliphatic rings. The molecule has 0 bridgehead atoms. The van der Waals surface area contributed by atoms with Gasteiger partial charge in [0, 0.05) is 15.6 Å². The summed E-state index contributed by atoms with van der Waals surface area (Å²) in [5.74, 6) is 0. The van der Waals surface area contributed by atoms with Gasteiger partial charge in [0.15, 0.2) is 0 Å². The van der Waals surface area contributed by atoms with Crippen LogP contribution in [0, 0.1) is 0 Å². The molecule has 0 aromatic heterocycles. The number of aliphatic imine (C=N–C) groups is 1. The van der Waals surface area contributed by atoms with Gasteiger partial charge in [0.1, 0.15) is 0 Å².